The van der Waals surface area contributed by atoms with Gasteiger partial charge in [-0.1, -0.05) is 74.5 Å². The minimum Gasteiger partial charge on any atom is -0.461 e. The van der Waals surface area contributed by atoms with Gasteiger partial charge in [-0.25, -0.2) is 4.79 Å². The topological polar surface area (TPSA) is 70.3 Å². The van der Waals surface area contributed by atoms with Gasteiger partial charge < -0.3 is 9.84 Å². The number of hydrogen-bond acceptors (Lipinski definition) is 4. The minimum atomic E-state index is -0.688. The molecule has 2 aromatic carbocycles. The average molecular weight is 335 g/mol. The Kier molecular flexibility index (Phi) is 6.10. The highest BCUT2D eigenvalue weighted by molar-refractivity contribution is 6.05. The van der Waals surface area contributed by atoms with E-state index in [0.29, 0.717) is 5.57 Å². The molecule has 0 unspecified atom stereocenters. The van der Waals surface area contributed by atoms with Crippen molar-refractivity contribution in [2.75, 3.05) is 13.2 Å². The fourth-order valence-electron chi connectivity index (χ4n) is 2.25. The van der Waals surface area contributed by atoms with Crippen LogP contribution in [-0.2, 0) is 9.53 Å². The molecule has 4 heteroatoms. The van der Waals surface area contributed by atoms with Crippen LogP contribution in [0.25, 0.3) is 5.57 Å². The van der Waals surface area contributed by atoms with Crippen LogP contribution in [0.2, 0.25) is 0 Å². The maximum Gasteiger partial charge on any atom is 0.349 e. The lowest BCUT2D eigenvalue weighted by molar-refractivity contribution is -0.142. The number of aliphatic hydroxyl groups excluding tert-OH is 1. The maximum atomic E-state index is 12.5. The van der Waals surface area contributed by atoms with E-state index in [2.05, 4.69) is 0 Å². The highest BCUT2D eigenvalue weighted by Crippen LogP contribution is 2.27. The van der Waals surface area contributed by atoms with Crippen molar-refractivity contribution >= 4 is 11.5 Å². The summed E-state index contributed by atoms with van der Waals surface area (Å²) in [4.78, 5) is 12.5. The summed E-state index contributed by atoms with van der Waals surface area (Å²) in [6.45, 7) is 3.48. The molecule has 0 saturated carbocycles. The van der Waals surface area contributed by atoms with Crippen molar-refractivity contribution < 1.29 is 14.6 Å². The molecule has 0 aliphatic heterocycles. The molecule has 0 spiro atoms. The van der Waals surface area contributed by atoms with E-state index in [0.717, 1.165) is 11.1 Å². The third-order valence-corrected chi connectivity index (χ3v) is 3.71. The summed E-state index contributed by atoms with van der Waals surface area (Å²) in [5, 5.41) is 18.9. The number of nitriles is 1. The summed E-state index contributed by atoms with van der Waals surface area (Å²) in [6, 6.07) is 20.6. The first-order valence-corrected chi connectivity index (χ1v) is 8.02. The first-order chi connectivity index (χ1) is 12.0. The van der Waals surface area contributed by atoms with E-state index >= 15 is 0 Å². The van der Waals surface area contributed by atoms with Crippen LogP contribution in [0, 0.1) is 16.7 Å². The van der Waals surface area contributed by atoms with Gasteiger partial charge in [0.25, 0.3) is 0 Å². The van der Waals surface area contributed by atoms with Gasteiger partial charge in [0.15, 0.2) is 0 Å². The van der Waals surface area contributed by atoms with Crippen molar-refractivity contribution in [1.82, 2.24) is 0 Å². The molecule has 0 amide bonds. The Bertz CT molecular complexity index is 745. The molecule has 0 aromatic heterocycles. The van der Waals surface area contributed by atoms with Gasteiger partial charge in [0.2, 0.25) is 0 Å². The predicted octanol–water partition coefficient (Wildman–Crippen LogP) is 3.57. The number of carbonyl (C=O) groups excluding carboxylic acids is 1. The Morgan fingerprint density at radius 2 is 1.52 bits per heavy atom. The standard InChI is InChI=1S/C21H21NO3/c1-21(2,14-23)15-25-20(24)18(13-22)19(16-9-5-3-6-10-16)17-11-7-4-8-12-17/h3-12,23H,14-15H2,1-2H3. The minimum absolute atomic E-state index is 0.0321. The second-order valence-corrected chi connectivity index (χ2v) is 6.49. The molecule has 1 N–H and O–H groups in total. The summed E-state index contributed by atoms with van der Waals surface area (Å²) in [5.41, 5.74) is 1.46. The molecular weight excluding hydrogens is 314 g/mol. The van der Waals surface area contributed by atoms with Gasteiger partial charge in [0.1, 0.15) is 11.6 Å². The molecule has 0 heterocycles. The molecule has 25 heavy (non-hydrogen) atoms. The van der Waals surface area contributed by atoms with Gasteiger partial charge in [0.05, 0.1) is 13.2 Å². The van der Waals surface area contributed by atoms with Crippen LogP contribution in [0.3, 0.4) is 0 Å². The van der Waals surface area contributed by atoms with Crippen LogP contribution in [0.4, 0.5) is 0 Å². The Morgan fingerprint density at radius 1 is 1.04 bits per heavy atom. The van der Waals surface area contributed by atoms with E-state index < -0.39 is 11.4 Å². The Labute approximate surface area is 148 Å². The first-order valence-electron chi connectivity index (χ1n) is 8.02. The Balaban J connectivity index is 2.48. The zero-order chi connectivity index (χ0) is 18.3. The summed E-state index contributed by atoms with van der Waals surface area (Å²) in [5.74, 6) is -0.688. The summed E-state index contributed by atoms with van der Waals surface area (Å²) in [7, 11) is 0. The van der Waals surface area contributed by atoms with E-state index in [1.807, 2.05) is 66.7 Å². The molecule has 128 valence electrons. The molecular formula is C21H21NO3. The smallest absolute Gasteiger partial charge is 0.349 e. The van der Waals surface area contributed by atoms with E-state index in [1.54, 1.807) is 13.8 Å². The van der Waals surface area contributed by atoms with Crippen molar-refractivity contribution in [2.45, 2.75) is 13.8 Å². The molecule has 0 aliphatic carbocycles. The van der Waals surface area contributed by atoms with Crippen molar-refractivity contribution in [3.63, 3.8) is 0 Å². The normalized spacial score (nSPS) is 10.6. The Morgan fingerprint density at radius 3 is 1.92 bits per heavy atom. The fourth-order valence-corrected chi connectivity index (χ4v) is 2.25. The van der Waals surface area contributed by atoms with Crippen LogP contribution >= 0.6 is 0 Å². The number of aliphatic hydroxyl groups is 1. The fraction of sp³-hybridized carbons (Fsp3) is 0.238. The van der Waals surface area contributed by atoms with Gasteiger partial charge in [-0.3, -0.25) is 0 Å². The molecule has 4 nitrogen and oxygen atoms in total. The quantitative estimate of drug-likeness (QED) is 0.498. The zero-order valence-corrected chi connectivity index (χ0v) is 14.4. The second-order valence-electron chi connectivity index (χ2n) is 6.49. The summed E-state index contributed by atoms with van der Waals surface area (Å²) >= 11 is 0. The number of carbonyl (C=O) groups is 1. The van der Waals surface area contributed by atoms with Crippen LogP contribution in [0.1, 0.15) is 25.0 Å². The first kappa shape index (κ1) is 18.4. The van der Waals surface area contributed by atoms with Gasteiger partial charge in [-0.05, 0) is 11.1 Å². The van der Waals surface area contributed by atoms with Crippen molar-refractivity contribution in [3.05, 3.63) is 77.4 Å². The van der Waals surface area contributed by atoms with Crippen molar-refractivity contribution in [1.29, 1.82) is 5.26 Å². The van der Waals surface area contributed by atoms with E-state index in [9.17, 15) is 15.2 Å². The average Bonchev–Trinajstić information content (AvgIpc) is 2.65. The molecule has 0 fully saturated rings. The lowest BCUT2D eigenvalue weighted by Gasteiger charge is -2.21. The van der Waals surface area contributed by atoms with E-state index in [1.165, 1.54) is 0 Å². The lowest BCUT2D eigenvalue weighted by atomic mass is 9.93. The van der Waals surface area contributed by atoms with E-state index in [-0.39, 0.29) is 18.8 Å². The molecule has 0 bridgehead atoms. The highest BCUT2D eigenvalue weighted by Gasteiger charge is 2.24. The highest BCUT2D eigenvalue weighted by atomic mass is 16.5. The van der Waals surface area contributed by atoms with Gasteiger partial charge in [0, 0.05) is 11.0 Å². The van der Waals surface area contributed by atoms with E-state index in [4.69, 9.17) is 4.74 Å². The monoisotopic (exact) mass is 335 g/mol. The number of nitrogens with zero attached hydrogens (tertiary/aromatic N) is 1. The summed E-state index contributed by atoms with van der Waals surface area (Å²) in [6.07, 6.45) is 0. The molecule has 0 saturated heterocycles. The third kappa shape index (κ3) is 4.79. The lowest BCUT2D eigenvalue weighted by Crippen LogP contribution is -2.26. The molecule has 0 aliphatic rings. The van der Waals surface area contributed by atoms with Crippen LogP contribution in [0.15, 0.2) is 66.2 Å². The number of benzene rings is 2. The van der Waals surface area contributed by atoms with Crippen LogP contribution in [0.5, 0.6) is 0 Å². The maximum absolute atomic E-state index is 12.5. The Hall–Kier alpha value is -2.90. The van der Waals surface area contributed by atoms with Crippen molar-refractivity contribution in [3.8, 4) is 6.07 Å². The summed E-state index contributed by atoms with van der Waals surface area (Å²) < 4.78 is 5.30. The van der Waals surface area contributed by atoms with Gasteiger partial charge in [-0.2, -0.15) is 5.26 Å². The number of rotatable bonds is 6. The van der Waals surface area contributed by atoms with Crippen molar-refractivity contribution in [2.24, 2.45) is 5.41 Å². The van der Waals surface area contributed by atoms with Gasteiger partial charge in [-0.15, -0.1) is 0 Å². The zero-order valence-electron chi connectivity index (χ0n) is 14.4. The SMILES string of the molecule is CC(C)(CO)COC(=O)C(C#N)=C(c1ccccc1)c1ccccc1. The second kappa shape index (κ2) is 8.27. The number of hydrogen-bond donors (Lipinski definition) is 1. The number of ether oxygens (including phenoxy) is 1. The van der Waals surface area contributed by atoms with Gasteiger partial charge >= 0.3 is 5.97 Å². The van der Waals surface area contributed by atoms with Crippen LogP contribution < -0.4 is 0 Å². The molecule has 2 aromatic rings. The molecule has 2 rings (SSSR count). The largest absolute Gasteiger partial charge is 0.461 e. The molecule has 0 radical (unpaired) electrons. The third-order valence-electron chi connectivity index (χ3n) is 3.71. The number of esters is 1. The predicted molar refractivity (Wildman–Crippen MR) is 96.3 cm³/mol. The molecule has 0 atom stereocenters. The van der Waals surface area contributed by atoms with Crippen LogP contribution in [-0.4, -0.2) is 24.3 Å².